The summed E-state index contributed by atoms with van der Waals surface area (Å²) in [5.41, 5.74) is 7.23. The van der Waals surface area contributed by atoms with E-state index in [0.717, 1.165) is 44.7 Å². The maximum absolute atomic E-state index is 5.93. The Hall–Kier alpha value is -1.52. The van der Waals surface area contributed by atoms with Crippen molar-refractivity contribution in [1.82, 2.24) is 0 Å². The summed E-state index contributed by atoms with van der Waals surface area (Å²) in [6, 6.07) is 11.7. The van der Waals surface area contributed by atoms with Crippen LogP contribution in [0.1, 0.15) is 25.3 Å². The van der Waals surface area contributed by atoms with E-state index in [9.17, 15) is 0 Å². The molecule has 2 aromatic rings. The quantitative estimate of drug-likeness (QED) is 0.582. The topological polar surface area (TPSA) is 47.2 Å². The highest BCUT2D eigenvalue weighted by molar-refractivity contribution is 7.99. The first-order valence-electron chi connectivity index (χ1n) is 7.26. The maximum atomic E-state index is 5.93. The molecule has 0 fully saturated rings. The van der Waals surface area contributed by atoms with Crippen molar-refractivity contribution in [1.29, 1.82) is 0 Å². The van der Waals surface area contributed by atoms with Crippen molar-refractivity contribution >= 4 is 29.1 Å². The number of hydrogen-bond donors (Lipinski definition) is 1. The lowest BCUT2D eigenvalue weighted by molar-refractivity contribution is -0.210. The van der Waals surface area contributed by atoms with Crippen LogP contribution in [0.5, 0.6) is 5.75 Å². The van der Waals surface area contributed by atoms with Gasteiger partial charge < -0.3 is 4.74 Å². The molecule has 0 bridgehead atoms. The molecule has 0 radical (unpaired) electrons. The Morgan fingerprint density at radius 1 is 1.23 bits per heavy atom. The van der Waals surface area contributed by atoms with E-state index in [0.29, 0.717) is 6.61 Å². The number of rotatable bonds is 7. The molecule has 0 amide bonds. The third-order valence-corrected chi connectivity index (χ3v) is 4.50. The Morgan fingerprint density at radius 3 is 2.59 bits per heavy atom. The van der Waals surface area contributed by atoms with Gasteiger partial charge in [-0.2, -0.15) is 5.53 Å². The Bertz CT molecular complexity index is 644. The minimum absolute atomic E-state index is 0.692. The highest BCUT2D eigenvalue weighted by atomic mass is 35.5. The lowest BCUT2D eigenvalue weighted by atomic mass is 10.2. The summed E-state index contributed by atoms with van der Waals surface area (Å²) in [5.74, 6) is 0.822. The molecule has 0 saturated carbocycles. The molecule has 0 aliphatic rings. The van der Waals surface area contributed by atoms with Crippen molar-refractivity contribution in [2.24, 2.45) is 5.11 Å². The van der Waals surface area contributed by atoms with Crippen LogP contribution in [0.3, 0.4) is 0 Å². The first-order chi connectivity index (χ1) is 10.6. The second kappa shape index (κ2) is 8.20. The van der Waals surface area contributed by atoms with E-state index in [-0.39, 0.29) is 0 Å². The first-order valence-corrected chi connectivity index (χ1v) is 8.45. The number of nitrogens with zero attached hydrogens (tertiary/aromatic N) is 1. The minimum atomic E-state index is 0.692. The standard InChI is InChI=1S/C17H19ClN2OS/c1-3-4-9-21-16-11-15(20-19)12(2)10-17(16)22-14-7-5-13(18)6-8-14/h5-8,10-11,19H,3-4,9H2,1-2H3/p+1. The van der Waals surface area contributed by atoms with E-state index in [1.165, 1.54) is 0 Å². The zero-order valence-corrected chi connectivity index (χ0v) is 14.4. The number of hydrogen-bond acceptors (Lipinski definition) is 3. The normalized spacial score (nSPS) is 10.5. The Morgan fingerprint density at radius 2 is 1.95 bits per heavy atom. The smallest absolute Gasteiger partial charge is 0.136 e. The zero-order valence-electron chi connectivity index (χ0n) is 12.8. The molecule has 22 heavy (non-hydrogen) atoms. The lowest BCUT2D eigenvalue weighted by Gasteiger charge is -2.13. The van der Waals surface area contributed by atoms with Gasteiger partial charge in [0.1, 0.15) is 11.4 Å². The molecule has 116 valence electrons. The largest absolute Gasteiger partial charge is 0.492 e. The highest BCUT2D eigenvalue weighted by Crippen LogP contribution is 2.39. The van der Waals surface area contributed by atoms with Crippen LogP contribution < -0.4 is 10.3 Å². The molecule has 0 aliphatic carbocycles. The molecule has 3 nitrogen and oxygen atoms in total. The molecular formula is C17H20ClN2OS+. The molecule has 0 heterocycles. The molecular weight excluding hydrogens is 316 g/mol. The van der Waals surface area contributed by atoms with Crippen molar-refractivity contribution in [3.8, 4) is 5.75 Å². The summed E-state index contributed by atoms with van der Waals surface area (Å²) >= 11 is 7.58. The first kappa shape index (κ1) is 16.8. The summed E-state index contributed by atoms with van der Waals surface area (Å²) in [6.07, 6.45) is 2.12. The van der Waals surface area contributed by atoms with E-state index in [2.05, 4.69) is 18.1 Å². The fraction of sp³-hybridized carbons (Fsp3) is 0.294. The van der Waals surface area contributed by atoms with Crippen LogP contribution in [0.25, 0.3) is 0 Å². The summed E-state index contributed by atoms with van der Waals surface area (Å²) in [7, 11) is 0. The number of benzene rings is 2. The molecule has 0 atom stereocenters. The molecule has 2 aromatic carbocycles. The number of aryl methyl sites for hydroxylation is 1. The monoisotopic (exact) mass is 335 g/mol. The third kappa shape index (κ3) is 4.49. The average molecular weight is 336 g/mol. The molecule has 0 saturated heterocycles. The Kier molecular flexibility index (Phi) is 6.28. The second-order valence-corrected chi connectivity index (χ2v) is 6.52. The molecule has 5 heteroatoms. The predicted octanol–water partition coefficient (Wildman–Crippen LogP) is 4.82. The lowest BCUT2D eigenvalue weighted by Crippen LogP contribution is -2.22. The van der Waals surface area contributed by atoms with Crippen LogP contribution in [-0.2, 0) is 0 Å². The molecule has 0 unspecified atom stereocenters. The van der Waals surface area contributed by atoms with Crippen LogP contribution in [0.15, 0.2) is 51.3 Å². The van der Waals surface area contributed by atoms with Gasteiger partial charge in [-0.25, -0.2) is 0 Å². The summed E-state index contributed by atoms with van der Waals surface area (Å²) in [4.78, 5) is 2.17. The van der Waals surface area contributed by atoms with Gasteiger partial charge in [0.25, 0.3) is 0 Å². The summed E-state index contributed by atoms with van der Waals surface area (Å²) in [6.45, 7) is 4.83. The Balaban J connectivity index is 2.28. The average Bonchev–Trinajstić information content (AvgIpc) is 2.51. The van der Waals surface area contributed by atoms with Gasteiger partial charge in [0.15, 0.2) is 0 Å². The van der Waals surface area contributed by atoms with Crippen LogP contribution >= 0.6 is 23.4 Å². The molecule has 0 spiro atoms. The third-order valence-electron chi connectivity index (χ3n) is 3.20. The number of ether oxygens (including phenoxy) is 1. The van der Waals surface area contributed by atoms with Crippen molar-refractivity contribution in [2.75, 3.05) is 6.61 Å². The SMILES string of the molecule is CCCCOc1cc(N=[NH2+])c(C)cc1Sc1ccc(Cl)cc1. The van der Waals surface area contributed by atoms with Crippen molar-refractivity contribution in [3.63, 3.8) is 0 Å². The van der Waals surface area contributed by atoms with Crippen molar-refractivity contribution in [3.05, 3.63) is 47.0 Å². The van der Waals surface area contributed by atoms with Crippen LogP contribution in [0.4, 0.5) is 5.69 Å². The van der Waals surface area contributed by atoms with E-state index in [1.807, 2.05) is 37.3 Å². The second-order valence-electron chi connectivity index (χ2n) is 4.97. The summed E-state index contributed by atoms with van der Waals surface area (Å²) < 4.78 is 5.91. The summed E-state index contributed by atoms with van der Waals surface area (Å²) in [5, 5.41) is 4.55. The van der Waals surface area contributed by atoms with Gasteiger partial charge in [-0.1, -0.05) is 36.7 Å². The fourth-order valence-electron chi connectivity index (χ4n) is 1.94. The van der Waals surface area contributed by atoms with Gasteiger partial charge in [0.2, 0.25) is 0 Å². The molecule has 2 N–H and O–H groups in total. The minimum Gasteiger partial charge on any atom is -0.492 e. The van der Waals surface area contributed by atoms with Crippen LogP contribution in [0.2, 0.25) is 5.02 Å². The Labute approximate surface area is 140 Å². The van der Waals surface area contributed by atoms with Gasteiger partial charge in [-0.05, 0) is 54.4 Å². The van der Waals surface area contributed by atoms with Crippen molar-refractivity contribution < 1.29 is 10.3 Å². The van der Waals surface area contributed by atoms with Gasteiger partial charge >= 0.3 is 0 Å². The molecule has 0 aliphatic heterocycles. The van der Waals surface area contributed by atoms with E-state index in [1.54, 1.807) is 11.8 Å². The fourth-order valence-corrected chi connectivity index (χ4v) is 3.04. The van der Waals surface area contributed by atoms with E-state index < -0.39 is 0 Å². The van der Waals surface area contributed by atoms with Crippen LogP contribution in [0, 0.1) is 6.92 Å². The van der Waals surface area contributed by atoms with E-state index >= 15 is 0 Å². The number of halogens is 1. The molecule has 2 rings (SSSR count). The van der Waals surface area contributed by atoms with Crippen LogP contribution in [-0.4, -0.2) is 6.61 Å². The van der Waals surface area contributed by atoms with Gasteiger partial charge in [0, 0.05) is 16.0 Å². The van der Waals surface area contributed by atoms with E-state index in [4.69, 9.17) is 21.9 Å². The number of unbranched alkanes of at least 4 members (excludes halogenated alkanes) is 1. The van der Waals surface area contributed by atoms with Gasteiger partial charge in [-0.3, -0.25) is 0 Å². The zero-order chi connectivity index (χ0) is 15.9. The van der Waals surface area contributed by atoms with Gasteiger partial charge in [0.05, 0.1) is 11.5 Å². The predicted molar refractivity (Wildman–Crippen MR) is 91.2 cm³/mol. The maximum Gasteiger partial charge on any atom is 0.136 e. The number of nitrogens with two attached hydrogens (primary N) is 1. The van der Waals surface area contributed by atoms with Crippen molar-refractivity contribution in [2.45, 2.75) is 36.5 Å². The van der Waals surface area contributed by atoms with Gasteiger partial charge in [-0.15, -0.1) is 0 Å². The highest BCUT2D eigenvalue weighted by Gasteiger charge is 2.11. The molecule has 0 aromatic heterocycles.